The molecule has 2 N–H and O–H groups in total. The van der Waals surface area contributed by atoms with Crippen molar-refractivity contribution < 1.29 is 9.84 Å². The summed E-state index contributed by atoms with van der Waals surface area (Å²) in [5.74, 6) is 0. The SMILES string of the molecule is OC1COCC1NCCc1ccc(Cl)s1. The number of rotatable bonds is 4. The average Bonchev–Trinajstić information content (AvgIpc) is 2.77. The standard InChI is InChI=1S/C10H14ClNO2S/c11-10-2-1-7(15-10)3-4-12-8-5-14-6-9(8)13/h1-2,8-9,12-13H,3-6H2. The van der Waals surface area contributed by atoms with Gasteiger partial charge in [-0.25, -0.2) is 0 Å². The van der Waals surface area contributed by atoms with Gasteiger partial charge in [-0.05, 0) is 18.6 Å². The third-order valence-corrected chi connectivity index (χ3v) is 3.75. The van der Waals surface area contributed by atoms with Crippen LogP contribution < -0.4 is 5.32 Å². The summed E-state index contributed by atoms with van der Waals surface area (Å²) < 4.78 is 5.97. The quantitative estimate of drug-likeness (QED) is 0.843. The van der Waals surface area contributed by atoms with Gasteiger partial charge in [0.15, 0.2) is 0 Å². The Kier molecular flexibility index (Phi) is 3.99. The van der Waals surface area contributed by atoms with Crippen LogP contribution in [0.4, 0.5) is 0 Å². The Morgan fingerprint density at radius 3 is 3.00 bits per heavy atom. The highest BCUT2D eigenvalue weighted by Gasteiger charge is 2.25. The highest BCUT2D eigenvalue weighted by molar-refractivity contribution is 7.16. The highest BCUT2D eigenvalue weighted by atomic mass is 35.5. The van der Waals surface area contributed by atoms with Crippen LogP contribution in [0.3, 0.4) is 0 Å². The molecule has 2 unspecified atom stereocenters. The van der Waals surface area contributed by atoms with Crippen molar-refractivity contribution in [2.24, 2.45) is 0 Å². The van der Waals surface area contributed by atoms with Crippen molar-refractivity contribution >= 4 is 22.9 Å². The fourth-order valence-electron chi connectivity index (χ4n) is 1.60. The summed E-state index contributed by atoms with van der Waals surface area (Å²) in [6.45, 7) is 1.90. The Balaban J connectivity index is 1.70. The van der Waals surface area contributed by atoms with Gasteiger partial charge in [0.05, 0.1) is 29.7 Å². The molecule has 2 atom stereocenters. The van der Waals surface area contributed by atoms with Crippen LogP contribution in [-0.2, 0) is 11.2 Å². The van der Waals surface area contributed by atoms with Crippen LogP contribution in [0.5, 0.6) is 0 Å². The highest BCUT2D eigenvalue weighted by Crippen LogP contribution is 2.21. The zero-order valence-electron chi connectivity index (χ0n) is 8.28. The smallest absolute Gasteiger partial charge is 0.0948 e. The Bertz CT molecular complexity index is 318. The van der Waals surface area contributed by atoms with E-state index in [1.807, 2.05) is 12.1 Å². The van der Waals surface area contributed by atoms with Gasteiger partial charge in [0.2, 0.25) is 0 Å². The zero-order chi connectivity index (χ0) is 10.7. The lowest BCUT2D eigenvalue weighted by Gasteiger charge is -2.13. The molecule has 1 saturated heterocycles. The molecule has 0 saturated carbocycles. The topological polar surface area (TPSA) is 41.5 Å². The molecule has 3 nitrogen and oxygen atoms in total. The second kappa shape index (κ2) is 5.27. The van der Waals surface area contributed by atoms with Gasteiger partial charge in [-0.1, -0.05) is 11.6 Å². The molecule has 0 amide bonds. The molecule has 1 aliphatic heterocycles. The Hall–Kier alpha value is -0.130. The van der Waals surface area contributed by atoms with Crippen LogP contribution in [0.1, 0.15) is 4.88 Å². The van der Waals surface area contributed by atoms with E-state index in [4.69, 9.17) is 16.3 Å². The van der Waals surface area contributed by atoms with Gasteiger partial charge in [-0.3, -0.25) is 0 Å². The molecule has 15 heavy (non-hydrogen) atoms. The molecule has 2 heterocycles. The van der Waals surface area contributed by atoms with Crippen LogP contribution in [-0.4, -0.2) is 37.0 Å². The van der Waals surface area contributed by atoms with Crippen molar-refractivity contribution in [3.63, 3.8) is 0 Å². The van der Waals surface area contributed by atoms with Crippen molar-refractivity contribution in [1.29, 1.82) is 0 Å². The summed E-state index contributed by atoms with van der Waals surface area (Å²) in [5, 5.41) is 12.8. The molecule has 1 aliphatic rings. The Labute approximate surface area is 98.0 Å². The van der Waals surface area contributed by atoms with Crippen molar-refractivity contribution in [2.45, 2.75) is 18.6 Å². The minimum absolute atomic E-state index is 0.0837. The van der Waals surface area contributed by atoms with Crippen molar-refractivity contribution in [3.8, 4) is 0 Å². The third-order valence-electron chi connectivity index (χ3n) is 2.46. The maximum atomic E-state index is 9.48. The maximum absolute atomic E-state index is 9.48. The average molecular weight is 248 g/mol. The van der Waals surface area contributed by atoms with Gasteiger partial charge in [0.25, 0.3) is 0 Å². The minimum Gasteiger partial charge on any atom is -0.389 e. The monoisotopic (exact) mass is 247 g/mol. The van der Waals surface area contributed by atoms with Crippen LogP contribution in [0, 0.1) is 0 Å². The first-order chi connectivity index (χ1) is 7.25. The lowest BCUT2D eigenvalue weighted by atomic mass is 10.2. The predicted molar refractivity (Wildman–Crippen MR) is 61.6 cm³/mol. The fraction of sp³-hybridized carbons (Fsp3) is 0.600. The molecule has 0 radical (unpaired) electrons. The molecule has 0 aliphatic carbocycles. The van der Waals surface area contributed by atoms with E-state index in [-0.39, 0.29) is 12.1 Å². The predicted octanol–water partition coefficient (Wildman–Crippen LogP) is 1.29. The van der Waals surface area contributed by atoms with Gasteiger partial charge in [-0.2, -0.15) is 0 Å². The van der Waals surface area contributed by atoms with E-state index in [2.05, 4.69) is 5.32 Å². The molecule has 1 fully saturated rings. The number of ether oxygens (including phenoxy) is 1. The van der Waals surface area contributed by atoms with Crippen LogP contribution in [0.15, 0.2) is 12.1 Å². The normalized spacial score (nSPS) is 26.0. The Morgan fingerprint density at radius 1 is 1.53 bits per heavy atom. The maximum Gasteiger partial charge on any atom is 0.0948 e. The molecule has 5 heteroatoms. The molecular formula is C10H14ClNO2S. The second-order valence-corrected chi connectivity index (χ2v) is 5.42. The van der Waals surface area contributed by atoms with Gasteiger partial charge in [0.1, 0.15) is 0 Å². The van der Waals surface area contributed by atoms with Crippen molar-refractivity contribution in [3.05, 3.63) is 21.3 Å². The lowest BCUT2D eigenvalue weighted by Crippen LogP contribution is -2.39. The summed E-state index contributed by atoms with van der Waals surface area (Å²) in [6.07, 6.45) is 0.581. The van der Waals surface area contributed by atoms with Crippen molar-refractivity contribution in [1.82, 2.24) is 5.32 Å². The lowest BCUT2D eigenvalue weighted by molar-refractivity contribution is 0.122. The first kappa shape index (κ1) is 11.4. The second-order valence-electron chi connectivity index (χ2n) is 3.62. The molecule has 0 aromatic carbocycles. The third kappa shape index (κ3) is 3.16. The van der Waals surface area contributed by atoms with Gasteiger partial charge in [-0.15, -0.1) is 11.3 Å². The number of aliphatic hydroxyl groups excluding tert-OH is 1. The van der Waals surface area contributed by atoms with E-state index in [0.717, 1.165) is 17.3 Å². The number of nitrogens with one attached hydrogen (secondary N) is 1. The van der Waals surface area contributed by atoms with E-state index >= 15 is 0 Å². The Morgan fingerprint density at radius 2 is 2.40 bits per heavy atom. The zero-order valence-corrected chi connectivity index (χ0v) is 9.85. The molecule has 1 aromatic rings. The first-order valence-corrected chi connectivity index (χ1v) is 6.18. The van der Waals surface area contributed by atoms with Gasteiger partial charge < -0.3 is 15.2 Å². The minimum atomic E-state index is -0.364. The first-order valence-electron chi connectivity index (χ1n) is 4.99. The molecule has 0 bridgehead atoms. The van der Waals surface area contributed by atoms with E-state index in [0.29, 0.717) is 13.2 Å². The van der Waals surface area contributed by atoms with E-state index in [9.17, 15) is 5.11 Å². The molecule has 2 rings (SSSR count). The summed E-state index contributed by atoms with van der Waals surface area (Å²) in [6, 6.07) is 4.03. The number of halogens is 1. The number of aliphatic hydroxyl groups is 1. The molecule has 1 aromatic heterocycles. The van der Waals surface area contributed by atoms with Crippen LogP contribution in [0.25, 0.3) is 0 Å². The van der Waals surface area contributed by atoms with E-state index in [1.165, 1.54) is 4.88 Å². The van der Waals surface area contributed by atoms with E-state index in [1.54, 1.807) is 11.3 Å². The molecule has 0 spiro atoms. The number of hydrogen-bond donors (Lipinski definition) is 2. The van der Waals surface area contributed by atoms with Crippen molar-refractivity contribution in [2.75, 3.05) is 19.8 Å². The fourth-order valence-corrected chi connectivity index (χ4v) is 2.69. The summed E-state index contributed by atoms with van der Waals surface area (Å²) >= 11 is 7.43. The molecular weight excluding hydrogens is 234 g/mol. The summed E-state index contributed by atoms with van der Waals surface area (Å²) in [4.78, 5) is 1.26. The number of hydrogen-bond acceptors (Lipinski definition) is 4. The molecule has 84 valence electrons. The number of thiophene rings is 1. The summed E-state index contributed by atoms with van der Waals surface area (Å²) in [5.41, 5.74) is 0. The summed E-state index contributed by atoms with van der Waals surface area (Å²) in [7, 11) is 0. The van der Waals surface area contributed by atoms with E-state index < -0.39 is 0 Å². The van der Waals surface area contributed by atoms with Gasteiger partial charge >= 0.3 is 0 Å². The van der Waals surface area contributed by atoms with Gasteiger partial charge in [0, 0.05) is 11.4 Å². The van der Waals surface area contributed by atoms with Crippen LogP contribution >= 0.6 is 22.9 Å². The van der Waals surface area contributed by atoms with Crippen LogP contribution in [0.2, 0.25) is 4.34 Å². The largest absolute Gasteiger partial charge is 0.389 e.